The second kappa shape index (κ2) is 8.41. The van der Waals surface area contributed by atoms with Crippen LogP contribution in [0.3, 0.4) is 0 Å². The Kier molecular flexibility index (Phi) is 5.55. The van der Waals surface area contributed by atoms with E-state index in [1.54, 1.807) is 31.0 Å². The molecule has 0 radical (unpaired) electrons. The number of rotatable bonds is 5. The van der Waals surface area contributed by atoms with E-state index in [1.165, 1.54) is 0 Å². The Morgan fingerprint density at radius 2 is 1.74 bits per heavy atom. The first-order valence-corrected chi connectivity index (χ1v) is 9.84. The second-order valence-electron chi connectivity index (χ2n) is 7.46. The topological polar surface area (TPSA) is 75.1 Å². The quantitative estimate of drug-likeness (QED) is 0.805. The zero-order chi connectivity index (χ0) is 18.5. The molecule has 27 heavy (non-hydrogen) atoms. The Bertz CT molecular complexity index is 733. The van der Waals surface area contributed by atoms with Crippen LogP contribution in [0, 0.1) is 11.8 Å². The van der Waals surface area contributed by atoms with Crippen LogP contribution in [-0.2, 0) is 11.2 Å². The number of likely N-dealkylation sites (tertiary alicyclic amines) is 1. The van der Waals surface area contributed by atoms with Gasteiger partial charge < -0.3 is 9.80 Å². The third-order valence-corrected chi connectivity index (χ3v) is 5.83. The highest BCUT2D eigenvalue weighted by molar-refractivity contribution is 5.76. The molecule has 2 aromatic heterocycles. The molecule has 1 amide bonds. The van der Waals surface area contributed by atoms with Crippen molar-refractivity contribution in [3.05, 3.63) is 42.7 Å². The number of nitrogens with zero attached hydrogens (tertiary/aromatic N) is 6. The molecule has 0 saturated carbocycles. The van der Waals surface area contributed by atoms with Gasteiger partial charge in [0, 0.05) is 63.6 Å². The second-order valence-corrected chi connectivity index (χ2v) is 7.46. The molecule has 142 valence electrons. The molecule has 0 aliphatic carbocycles. The van der Waals surface area contributed by atoms with Gasteiger partial charge in [-0.3, -0.25) is 14.8 Å². The highest BCUT2D eigenvalue weighted by Crippen LogP contribution is 2.32. The Morgan fingerprint density at radius 3 is 2.48 bits per heavy atom. The van der Waals surface area contributed by atoms with Gasteiger partial charge in [-0.25, -0.2) is 9.97 Å². The van der Waals surface area contributed by atoms with Gasteiger partial charge in [0.15, 0.2) is 0 Å². The first-order valence-electron chi connectivity index (χ1n) is 9.84. The number of carbonyl (C=O) groups excluding carboxylic acids is 1. The summed E-state index contributed by atoms with van der Waals surface area (Å²) in [6.45, 7) is 3.81. The van der Waals surface area contributed by atoms with Gasteiger partial charge in [0.1, 0.15) is 0 Å². The number of hydrogen-bond donors (Lipinski definition) is 0. The highest BCUT2D eigenvalue weighted by Gasteiger charge is 2.33. The molecule has 1 atom stereocenters. The fourth-order valence-corrected chi connectivity index (χ4v) is 4.28. The van der Waals surface area contributed by atoms with Crippen LogP contribution in [0.15, 0.2) is 37.1 Å². The fraction of sp³-hybridized carbons (Fsp3) is 0.550. The minimum Gasteiger partial charge on any atom is -0.342 e. The van der Waals surface area contributed by atoms with Gasteiger partial charge in [0.05, 0.1) is 5.69 Å². The normalized spacial score (nSPS) is 20.8. The first kappa shape index (κ1) is 17.8. The van der Waals surface area contributed by atoms with E-state index >= 15 is 0 Å². The largest absolute Gasteiger partial charge is 0.342 e. The summed E-state index contributed by atoms with van der Waals surface area (Å²) in [6.07, 6.45) is 13.3. The van der Waals surface area contributed by atoms with Crippen molar-refractivity contribution < 1.29 is 4.79 Å². The molecular formula is C20H26N6O. The van der Waals surface area contributed by atoms with Crippen LogP contribution < -0.4 is 4.90 Å². The Balaban J connectivity index is 1.23. The van der Waals surface area contributed by atoms with Crippen molar-refractivity contribution in [2.75, 3.05) is 31.1 Å². The summed E-state index contributed by atoms with van der Waals surface area (Å²) in [7, 11) is 0. The van der Waals surface area contributed by atoms with Crippen molar-refractivity contribution in [3.63, 3.8) is 0 Å². The van der Waals surface area contributed by atoms with Crippen molar-refractivity contribution in [2.24, 2.45) is 11.8 Å². The van der Waals surface area contributed by atoms with Crippen LogP contribution in [0.25, 0.3) is 0 Å². The van der Waals surface area contributed by atoms with E-state index in [9.17, 15) is 4.79 Å². The summed E-state index contributed by atoms with van der Waals surface area (Å²) in [5.41, 5.74) is 0.886. The van der Waals surface area contributed by atoms with Gasteiger partial charge in [-0.05, 0) is 43.6 Å². The predicted octanol–water partition coefficient (Wildman–Crippen LogP) is 1.96. The van der Waals surface area contributed by atoms with Crippen LogP contribution in [0.4, 0.5) is 5.95 Å². The maximum Gasteiger partial charge on any atom is 0.225 e. The van der Waals surface area contributed by atoms with Gasteiger partial charge in [-0.2, -0.15) is 0 Å². The van der Waals surface area contributed by atoms with Crippen LogP contribution >= 0.6 is 0 Å². The van der Waals surface area contributed by atoms with Gasteiger partial charge in [-0.1, -0.05) is 0 Å². The van der Waals surface area contributed by atoms with E-state index in [2.05, 4.69) is 24.8 Å². The lowest BCUT2D eigenvalue weighted by molar-refractivity contribution is -0.130. The van der Waals surface area contributed by atoms with E-state index in [1.807, 2.05) is 11.0 Å². The average Bonchev–Trinajstić information content (AvgIpc) is 3.24. The molecule has 7 heteroatoms. The number of amides is 1. The Hall–Kier alpha value is -2.57. The summed E-state index contributed by atoms with van der Waals surface area (Å²) in [5, 5.41) is 0. The standard InChI is InChI=1S/C20H26N6O/c27-19(3-2-18-14-21-9-10-22-18)26-13-6-17(15-26)16-4-11-25(12-5-16)20-23-7-1-8-24-20/h1,7-10,14,16-17H,2-6,11-13,15H2. The van der Waals surface area contributed by atoms with Crippen LogP contribution in [-0.4, -0.2) is 56.9 Å². The van der Waals surface area contributed by atoms with Crippen molar-refractivity contribution >= 4 is 11.9 Å². The third kappa shape index (κ3) is 4.40. The van der Waals surface area contributed by atoms with E-state index in [4.69, 9.17) is 0 Å². The Morgan fingerprint density at radius 1 is 0.963 bits per heavy atom. The monoisotopic (exact) mass is 366 g/mol. The average molecular weight is 366 g/mol. The van der Waals surface area contributed by atoms with Crippen molar-refractivity contribution in [3.8, 4) is 0 Å². The molecule has 0 aromatic carbocycles. The molecular weight excluding hydrogens is 340 g/mol. The lowest BCUT2D eigenvalue weighted by Crippen LogP contribution is -2.38. The lowest BCUT2D eigenvalue weighted by Gasteiger charge is -2.34. The smallest absolute Gasteiger partial charge is 0.225 e. The van der Waals surface area contributed by atoms with Crippen LogP contribution in [0.2, 0.25) is 0 Å². The number of piperidine rings is 1. The summed E-state index contributed by atoms with van der Waals surface area (Å²) in [5.74, 6) is 2.41. The zero-order valence-electron chi connectivity index (χ0n) is 15.6. The third-order valence-electron chi connectivity index (χ3n) is 5.83. The predicted molar refractivity (Wildman–Crippen MR) is 102 cm³/mol. The summed E-state index contributed by atoms with van der Waals surface area (Å²) < 4.78 is 0. The van der Waals surface area contributed by atoms with Gasteiger partial charge in [-0.15, -0.1) is 0 Å². The van der Waals surface area contributed by atoms with Gasteiger partial charge in [0.2, 0.25) is 11.9 Å². The maximum absolute atomic E-state index is 12.5. The number of hydrogen-bond acceptors (Lipinski definition) is 6. The minimum absolute atomic E-state index is 0.248. The molecule has 4 heterocycles. The minimum atomic E-state index is 0.248. The van der Waals surface area contributed by atoms with Crippen molar-refractivity contribution in [2.45, 2.75) is 32.1 Å². The molecule has 2 fully saturated rings. The molecule has 1 unspecified atom stereocenters. The van der Waals surface area contributed by atoms with Crippen LogP contribution in [0.1, 0.15) is 31.4 Å². The van der Waals surface area contributed by atoms with Crippen molar-refractivity contribution in [1.29, 1.82) is 0 Å². The molecule has 2 aliphatic rings. The fourth-order valence-electron chi connectivity index (χ4n) is 4.28. The van der Waals surface area contributed by atoms with Gasteiger partial charge >= 0.3 is 0 Å². The van der Waals surface area contributed by atoms with Gasteiger partial charge in [0.25, 0.3) is 0 Å². The zero-order valence-corrected chi connectivity index (χ0v) is 15.6. The Labute approximate surface area is 159 Å². The molecule has 0 spiro atoms. The molecule has 0 N–H and O–H groups in total. The summed E-state index contributed by atoms with van der Waals surface area (Å²) in [4.78, 5) is 33.9. The van der Waals surface area contributed by atoms with E-state index in [0.29, 0.717) is 24.7 Å². The molecule has 7 nitrogen and oxygen atoms in total. The molecule has 2 aromatic rings. The van der Waals surface area contributed by atoms with E-state index < -0.39 is 0 Å². The van der Waals surface area contributed by atoms with E-state index in [-0.39, 0.29) is 5.91 Å². The molecule has 4 rings (SSSR count). The molecule has 0 bridgehead atoms. The van der Waals surface area contributed by atoms with E-state index in [0.717, 1.165) is 57.1 Å². The molecule has 2 aliphatic heterocycles. The molecule has 2 saturated heterocycles. The first-order chi connectivity index (χ1) is 13.3. The van der Waals surface area contributed by atoms with Crippen molar-refractivity contribution in [1.82, 2.24) is 24.8 Å². The summed E-state index contributed by atoms with van der Waals surface area (Å²) in [6, 6.07) is 1.85. The SMILES string of the molecule is O=C(CCc1cnccn1)N1CCC(C2CCN(c3ncccn3)CC2)C1. The van der Waals surface area contributed by atoms with Crippen LogP contribution in [0.5, 0.6) is 0 Å². The lowest BCUT2D eigenvalue weighted by atomic mass is 9.84. The number of carbonyl (C=O) groups is 1. The highest BCUT2D eigenvalue weighted by atomic mass is 16.2. The number of aromatic nitrogens is 4. The maximum atomic E-state index is 12.5. The number of anilines is 1. The number of aryl methyl sites for hydroxylation is 1. The summed E-state index contributed by atoms with van der Waals surface area (Å²) >= 11 is 0.